The average molecular weight is 353 g/mol. The highest BCUT2D eigenvalue weighted by molar-refractivity contribution is 7.89. The summed E-state index contributed by atoms with van der Waals surface area (Å²) in [5.41, 5.74) is 1.98. The smallest absolute Gasteiger partial charge is 0.243 e. The molecule has 0 N–H and O–H groups in total. The third-order valence-corrected chi connectivity index (χ3v) is 6.77. The molecule has 134 valence electrons. The van der Waals surface area contributed by atoms with Gasteiger partial charge in [0.15, 0.2) is 0 Å². The van der Waals surface area contributed by atoms with Crippen molar-refractivity contribution >= 4 is 15.9 Å². The molecular weight excluding hydrogens is 324 g/mol. The van der Waals surface area contributed by atoms with Gasteiger partial charge >= 0.3 is 0 Å². The zero-order valence-corrected chi connectivity index (χ0v) is 15.9. The number of carbonyl (C=O) groups excluding carboxylic acids is 1. The molecule has 1 fully saturated rings. The van der Waals surface area contributed by atoms with Gasteiger partial charge in [-0.2, -0.15) is 4.31 Å². The van der Waals surface area contributed by atoms with Gasteiger partial charge in [-0.3, -0.25) is 4.79 Å². The largest absolute Gasteiger partial charge is 0.339 e. The number of nitrogens with zero attached hydrogens (tertiary/aromatic N) is 2. The van der Waals surface area contributed by atoms with Gasteiger partial charge in [-0.1, -0.05) is 18.9 Å². The van der Waals surface area contributed by atoms with E-state index in [-0.39, 0.29) is 23.4 Å². The van der Waals surface area contributed by atoms with Crippen molar-refractivity contribution in [3.8, 4) is 0 Å². The van der Waals surface area contributed by atoms with Crippen LogP contribution < -0.4 is 0 Å². The van der Waals surface area contributed by atoms with Gasteiger partial charge < -0.3 is 4.90 Å². The number of aryl methyl sites for hydroxylation is 2. The first-order valence-electron chi connectivity index (χ1n) is 8.60. The van der Waals surface area contributed by atoms with E-state index in [2.05, 4.69) is 0 Å². The predicted octanol–water partition coefficient (Wildman–Crippen LogP) is 2.72. The molecule has 24 heavy (non-hydrogen) atoms. The molecule has 1 aliphatic rings. The van der Waals surface area contributed by atoms with Gasteiger partial charge in [-0.15, -0.1) is 0 Å². The van der Waals surface area contributed by atoms with Gasteiger partial charge in [0.25, 0.3) is 0 Å². The van der Waals surface area contributed by atoms with Crippen LogP contribution in [-0.2, 0) is 14.8 Å². The minimum atomic E-state index is -3.65. The number of rotatable bonds is 6. The molecule has 0 bridgehead atoms. The fraction of sp³-hybridized carbons (Fsp3) is 0.611. The Hall–Kier alpha value is -1.40. The Morgan fingerprint density at radius 2 is 1.79 bits per heavy atom. The van der Waals surface area contributed by atoms with Crippen molar-refractivity contribution < 1.29 is 13.2 Å². The molecule has 5 nitrogen and oxygen atoms in total. The molecular formula is C18H28N2O3S. The molecule has 1 amide bonds. The number of amides is 1. The van der Waals surface area contributed by atoms with Crippen molar-refractivity contribution in [1.29, 1.82) is 0 Å². The van der Waals surface area contributed by atoms with E-state index in [0.29, 0.717) is 6.54 Å². The van der Waals surface area contributed by atoms with E-state index in [1.54, 1.807) is 18.2 Å². The van der Waals surface area contributed by atoms with Crippen LogP contribution in [0.15, 0.2) is 23.1 Å². The van der Waals surface area contributed by atoms with E-state index >= 15 is 0 Å². The summed E-state index contributed by atoms with van der Waals surface area (Å²) in [6, 6.07) is 5.34. The van der Waals surface area contributed by atoms with Gasteiger partial charge in [0.05, 0.1) is 11.4 Å². The quantitative estimate of drug-likeness (QED) is 0.791. The first-order chi connectivity index (χ1) is 11.3. The van der Waals surface area contributed by atoms with Gasteiger partial charge in [0.1, 0.15) is 0 Å². The van der Waals surface area contributed by atoms with Crippen molar-refractivity contribution in [3.05, 3.63) is 29.3 Å². The molecule has 0 aliphatic heterocycles. The maximum absolute atomic E-state index is 12.7. The van der Waals surface area contributed by atoms with Crippen LogP contribution in [-0.4, -0.2) is 49.7 Å². The molecule has 0 atom stereocenters. The van der Waals surface area contributed by atoms with E-state index in [1.807, 2.05) is 25.7 Å². The lowest BCUT2D eigenvalue weighted by molar-refractivity contribution is -0.133. The normalized spacial score (nSPS) is 15.9. The summed E-state index contributed by atoms with van der Waals surface area (Å²) < 4.78 is 26.6. The van der Waals surface area contributed by atoms with Crippen LogP contribution >= 0.6 is 0 Å². The Bertz CT molecular complexity index is 694. The highest BCUT2D eigenvalue weighted by atomic mass is 32.2. The van der Waals surface area contributed by atoms with Crippen molar-refractivity contribution in [2.24, 2.45) is 0 Å². The van der Waals surface area contributed by atoms with Gasteiger partial charge in [-0.05, 0) is 56.9 Å². The second kappa shape index (κ2) is 7.66. The standard InChI is InChI=1S/C18H28N2O3S/c1-5-20(16-8-6-7-9-16)18(21)13-19(4)24(22,23)17-11-10-14(2)15(3)12-17/h10-12,16H,5-9,13H2,1-4H3. The maximum atomic E-state index is 12.7. The number of carbonyl (C=O) groups is 1. The van der Waals surface area contributed by atoms with Crippen molar-refractivity contribution in [1.82, 2.24) is 9.21 Å². The minimum absolute atomic E-state index is 0.112. The van der Waals surface area contributed by atoms with E-state index in [0.717, 1.165) is 41.1 Å². The fourth-order valence-electron chi connectivity index (χ4n) is 3.27. The molecule has 1 saturated carbocycles. The van der Waals surface area contributed by atoms with E-state index in [4.69, 9.17) is 0 Å². The number of sulfonamides is 1. The second-order valence-corrected chi connectivity index (χ2v) is 8.67. The highest BCUT2D eigenvalue weighted by Crippen LogP contribution is 2.24. The second-order valence-electron chi connectivity index (χ2n) is 6.63. The van der Waals surface area contributed by atoms with Crippen molar-refractivity contribution in [3.63, 3.8) is 0 Å². The number of benzene rings is 1. The Kier molecular flexibility index (Phi) is 6.04. The summed E-state index contributed by atoms with van der Waals surface area (Å²) in [7, 11) is -2.18. The molecule has 1 aromatic rings. The SMILES string of the molecule is CCN(C(=O)CN(C)S(=O)(=O)c1ccc(C)c(C)c1)C1CCCC1. The lowest BCUT2D eigenvalue weighted by Gasteiger charge is -2.29. The van der Waals surface area contributed by atoms with Crippen LogP contribution in [0.5, 0.6) is 0 Å². The van der Waals surface area contributed by atoms with Crippen LogP contribution in [0.4, 0.5) is 0 Å². The van der Waals surface area contributed by atoms with Gasteiger partial charge in [0, 0.05) is 19.6 Å². The molecule has 1 aromatic carbocycles. The molecule has 0 radical (unpaired) electrons. The van der Waals surface area contributed by atoms with Crippen LogP contribution in [0.25, 0.3) is 0 Å². The predicted molar refractivity (Wildman–Crippen MR) is 95.4 cm³/mol. The third kappa shape index (κ3) is 3.98. The summed E-state index contributed by atoms with van der Waals surface area (Å²) in [6.45, 7) is 6.30. The first kappa shape index (κ1) is 18.9. The maximum Gasteiger partial charge on any atom is 0.243 e. The van der Waals surface area contributed by atoms with E-state index in [1.165, 1.54) is 7.05 Å². The summed E-state index contributed by atoms with van der Waals surface area (Å²) in [5, 5.41) is 0. The van der Waals surface area contributed by atoms with E-state index < -0.39 is 10.0 Å². The average Bonchev–Trinajstić information content (AvgIpc) is 3.04. The molecule has 6 heteroatoms. The summed E-state index contributed by atoms with van der Waals surface area (Å²) >= 11 is 0. The molecule has 0 saturated heterocycles. The first-order valence-corrected chi connectivity index (χ1v) is 10.0. The zero-order valence-electron chi connectivity index (χ0n) is 15.1. The van der Waals surface area contributed by atoms with Crippen LogP contribution in [0.2, 0.25) is 0 Å². The van der Waals surface area contributed by atoms with Crippen molar-refractivity contribution in [2.75, 3.05) is 20.1 Å². The molecule has 0 spiro atoms. The molecule has 0 heterocycles. The third-order valence-electron chi connectivity index (χ3n) is 4.97. The Morgan fingerprint density at radius 1 is 1.17 bits per heavy atom. The Balaban J connectivity index is 2.13. The monoisotopic (exact) mass is 352 g/mol. The minimum Gasteiger partial charge on any atom is -0.339 e. The lowest BCUT2D eigenvalue weighted by Crippen LogP contribution is -2.45. The number of likely N-dealkylation sites (N-methyl/N-ethyl adjacent to an activating group) is 2. The molecule has 2 rings (SSSR count). The summed E-state index contributed by atoms with van der Waals surface area (Å²) in [4.78, 5) is 14.7. The Labute approximate surface area is 145 Å². The van der Waals surface area contributed by atoms with E-state index in [9.17, 15) is 13.2 Å². The number of hydrogen-bond acceptors (Lipinski definition) is 3. The van der Waals surface area contributed by atoms with Gasteiger partial charge in [0.2, 0.25) is 15.9 Å². The van der Waals surface area contributed by atoms with Crippen LogP contribution in [0.3, 0.4) is 0 Å². The van der Waals surface area contributed by atoms with Gasteiger partial charge in [-0.25, -0.2) is 8.42 Å². The highest BCUT2D eigenvalue weighted by Gasteiger charge is 2.29. The van der Waals surface area contributed by atoms with Crippen molar-refractivity contribution in [2.45, 2.75) is 57.4 Å². The van der Waals surface area contributed by atoms with Crippen LogP contribution in [0, 0.1) is 13.8 Å². The fourth-order valence-corrected chi connectivity index (χ4v) is 4.48. The number of hydrogen-bond donors (Lipinski definition) is 0. The molecule has 0 unspecified atom stereocenters. The summed E-state index contributed by atoms with van der Waals surface area (Å²) in [6.07, 6.45) is 4.33. The topological polar surface area (TPSA) is 57.7 Å². The Morgan fingerprint density at radius 3 is 2.33 bits per heavy atom. The summed E-state index contributed by atoms with van der Waals surface area (Å²) in [5.74, 6) is -0.112. The molecule has 0 aromatic heterocycles. The molecule has 1 aliphatic carbocycles. The zero-order chi connectivity index (χ0) is 17.9. The lowest BCUT2D eigenvalue weighted by atomic mass is 10.1. The van der Waals surface area contributed by atoms with Crippen LogP contribution in [0.1, 0.15) is 43.7 Å².